The van der Waals surface area contributed by atoms with Gasteiger partial charge in [-0.25, -0.2) is 0 Å². The molecule has 448 valence electrons. The van der Waals surface area contributed by atoms with E-state index in [1.165, 1.54) is 0 Å². The maximum absolute atomic E-state index is 11.5. The van der Waals surface area contributed by atoms with Crippen molar-refractivity contribution in [1.29, 1.82) is 0 Å². The number of halogens is 1. The molecule has 21 fully saturated rings. The van der Waals surface area contributed by atoms with E-state index in [0.29, 0.717) is 0 Å². The van der Waals surface area contributed by atoms with Gasteiger partial charge in [0.2, 0.25) is 0 Å². The SMILES string of the molecule is OC[C@@H]1O[C@@H]2O[C@H]3[C@H](I)[C@@H](O)[C@@H](O[C@H]4[C@@H](O)[C@H](O)[C@@H](O[C@H]5[C@@H](O)[C@H](O)[C@@H](O[C@H]6[C@H](O)[C@@H](O)[C@@H](O[C@H]7[C@H](O)[C@@H](O)[C@@H](O[C@H]8[C@H](O)[C@@H](O)[C@@H](O[C@H]1[C@H](O)[C@H]2O)O[C@H]8CO)O[C@@H]7CO)O[C@@H]6CO)O[C@@H]5CO)O[C@@H]4CO)O[C@@H]3CO. The summed E-state index contributed by atoms with van der Waals surface area (Å²) in [5.41, 5.74) is 0. The van der Waals surface area contributed by atoms with Gasteiger partial charge in [0.15, 0.2) is 44.0 Å². The molecule has 20 N–H and O–H groups in total. The number of rotatable bonds is 7. The summed E-state index contributed by atoms with van der Waals surface area (Å²) in [5.74, 6) is 0. The van der Waals surface area contributed by atoms with Crippen LogP contribution >= 0.6 is 22.6 Å². The molecule has 0 aliphatic carbocycles. The predicted molar refractivity (Wildman–Crippen MR) is 240 cm³/mol. The van der Waals surface area contributed by atoms with Crippen LogP contribution in [0.3, 0.4) is 0 Å². The first-order chi connectivity index (χ1) is 36.7. The summed E-state index contributed by atoms with van der Waals surface area (Å²) < 4.78 is 79.2. The molecule has 0 amide bonds. The number of hydrogen-bond donors (Lipinski definition) is 20. The molecule has 21 aliphatic heterocycles. The van der Waals surface area contributed by atoms with E-state index in [-0.39, 0.29) is 0 Å². The molecular formula is C42H69IO34. The molecule has 35 heteroatoms. The molecule has 35 atom stereocenters. The topological polar surface area (TPSA) is 534 Å². The Labute approximate surface area is 448 Å². The minimum Gasteiger partial charge on any atom is -0.394 e. The van der Waals surface area contributed by atoms with Gasteiger partial charge in [-0.3, -0.25) is 0 Å². The van der Waals surface area contributed by atoms with Crippen LogP contribution in [-0.4, -0.2) is 361 Å². The Morgan fingerprint density at radius 1 is 0.195 bits per heavy atom. The van der Waals surface area contributed by atoms with E-state index in [2.05, 4.69) is 0 Å². The highest BCUT2D eigenvalue weighted by molar-refractivity contribution is 14.1. The second kappa shape index (κ2) is 26.5. The Hall–Kier alpha value is -0.630. The van der Waals surface area contributed by atoms with Crippen molar-refractivity contribution in [3.8, 4) is 0 Å². The van der Waals surface area contributed by atoms with E-state index in [9.17, 15) is 102 Å². The van der Waals surface area contributed by atoms with Crippen molar-refractivity contribution in [3.05, 3.63) is 0 Å². The van der Waals surface area contributed by atoms with Gasteiger partial charge in [-0.1, -0.05) is 22.6 Å². The van der Waals surface area contributed by atoms with Crippen molar-refractivity contribution < 1.29 is 168 Å². The number of alkyl halides is 1. The molecule has 14 bridgehead atoms. The van der Waals surface area contributed by atoms with Crippen LogP contribution < -0.4 is 0 Å². The third-order valence-corrected chi connectivity index (χ3v) is 16.2. The molecule has 21 aliphatic rings. The lowest BCUT2D eigenvalue weighted by Crippen LogP contribution is -2.68. The largest absolute Gasteiger partial charge is 0.394 e. The molecule has 0 unspecified atom stereocenters. The average Bonchev–Trinajstić information content (AvgIpc) is 3.45. The van der Waals surface area contributed by atoms with Gasteiger partial charge in [0, 0.05) is 0 Å². The standard InChI is InChI=1S/C42H69IO34/c43-15-16(51)36-64-8(1-44)29(15)71-37-23(58)17(52)31(10(3-46)65-37)73-39-25(60)19(54)33(12(5-48)67-39)75-41-27(62)21(56)35(14(7-50)69-41)77-42-28(63)22(57)34(13(6-49)70-42)76-40-26(61)20(55)32(11(4-47)68-40)74-38-24(59)18(53)30(72-36)9(2-45)66-38/h8-42,44-63H,1-7H2/t8-,9-,10+,11-,12+,13-,14-,15-,16-,17-,18+,19-,20+,21-,22-,23-,24+,25-,26+,27-,28-,29-,30-,31-,32-,33-,34-,35-,36-,37-,38-,39-,40-,41-,42-/m1/s1. The van der Waals surface area contributed by atoms with Crippen LogP contribution in [0.1, 0.15) is 0 Å². The quantitative estimate of drug-likeness (QED) is 0.0831. The van der Waals surface area contributed by atoms with E-state index >= 15 is 0 Å². The predicted octanol–water partition coefficient (Wildman–Crippen LogP) is -13.8. The zero-order valence-corrected chi connectivity index (χ0v) is 42.4. The van der Waals surface area contributed by atoms with E-state index in [1.54, 1.807) is 22.6 Å². The normalized spacial score (nSPS) is 55.4. The Kier molecular flexibility index (Phi) is 21.5. The van der Waals surface area contributed by atoms with Gasteiger partial charge in [0.05, 0.1) is 50.2 Å². The van der Waals surface area contributed by atoms with Gasteiger partial charge in [0.25, 0.3) is 0 Å². The molecule has 21 saturated heterocycles. The van der Waals surface area contributed by atoms with E-state index in [1.807, 2.05) is 0 Å². The van der Waals surface area contributed by atoms with Crippen molar-refractivity contribution in [2.24, 2.45) is 0 Å². The maximum Gasteiger partial charge on any atom is 0.187 e. The van der Waals surface area contributed by atoms with Crippen LogP contribution in [0, 0.1) is 0 Å². The molecule has 77 heavy (non-hydrogen) atoms. The van der Waals surface area contributed by atoms with Gasteiger partial charge >= 0.3 is 0 Å². The Bertz CT molecular complexity index is 1470. The van der Waals surface area contributed by atoms with Crippen LogP contribution in [0.4, 0.5) is 0 Å². The van der Waals surface area contributed by atoms with E-state index in [0.717, 1.165) is 0 Å². The van der Waals surface area contributed by atoms with E-state index < -0.39 is 259 Å². The van der Waals surface area contributed by atoms with Crippen molar-refractivity contribution in [2.75, 3.05) is 46.2 Å². The van der Waals surface area contributed by atoms with Crippen molar-refractivity contribution in [3.63, 3.8) is 0 Å². The molecule has 0 aromatic heterocycles. The second-order valence-electron chi connectivity index (χ2n) is 19.6. The van der Waals surface area contributed by atoms with Gasteiger partial charge < -0.3 is 168 Å². The molecule has 0 saturated carbocycles. The van der Waals surface area contributed by atoms with Gasteiger partial charge in [-0.15, -0.1) is 0 Å². The first-order valence-corrected chi connectivity index (χ1v) is 25.8. The number of hydrogen-bond acceptors (Lipinski definition) is 34. The minimum absolute atomic E-state index is 0.892. The molecule has 34 nitrogen and oxygen atoms in total. The second-order valence-corrected chi connectivity index (χ2v) is 21.0. The molecule has 0 aromatic rings. The fourth-order valence-corrected chi connectivity index (χ4v) is 11.4. The molecule has 0 spiro atoms. The third-order valence-electron chi connectivity index (χ3n) is 14.7. The van der Waals surface area contributed by atoms with Crippen LogP contribution in [0.2, 0.25) is 0 Å². The first kappa shape index (κ1) is 62.4. The van der Waals surface area contributed by atoms with Crippen LogP contribution in [0.25, 0.3) is 0 Å². The summed E-state index contributed by atoms with van der Waals surface area (Å²) >= 11 is 1.67. The lowest BCUT2D eigenvalue weighted by atomic mass is 9.95. The smallest absolute Gasteiger partial charge is 0.187 e. The lowest BCUT2D eigenvalue weighted by Gasteiger charge is -2.50. The summed E-state index contributed by atoms with van der Waals surface area (Å²) in [7, 11) is 0. The fourth-order valence-electron chi connectivity index (χ4n) is 10.4. The van der Waals surface area contributed by atoms with Gasteiger partial charge in [-0.2, -0.15) is 0 Å². The highest BCUT2D eigenvalue weighted by Crippen LogP contribution is 2.39. The average molecular weight is 1240 g/mol. The zero-order valence-electron chi connectivity index (χ0n) is 40.2. The number of ether oxygens (including phenoxy) is 14. The van der Waals surface area contributed by atoms with E-state index in [4.69, 9.17) is 66.3 Å². The van der Waals surface area contributed by atoms with Gasteiger partial charge in [0.1, 0.15) is 165 Å². The summed E-state index contributed by atoms with van der Waals surface area (Å²) in [6.45, 7) is -6.98. The summed E-state index contributed by atoms with van der Waals surface area (Å²) in [5, 5.41) is 220. The Morgan fingerprint density at radius 3 is 0.506 bits per heavy atom. The highest BCUT2D eigenvalue weighted by atomic mass is 127. The van der Waals surface area contributed by atoms with Crippen LogP contribution in [0.15, 0.2) is 0 Å². The minimum atomic E-state index is -2.20. The lowest BCUT2D eigenvalue weighted by molar-refractivity contribution is -0.396. The molecule has 21 heterocycles. The van der Waals surface area contributed by atoms with Crippen molar-refractivity contribution in [2.45, 2.75) is 213 Å². The van der Waals surface area contributed by atoms with Gasteiger partial charge in [-0.05, 0) is 0 Å². The maximum atomic E-state index is 11.5. The molecule has 21 rings (SSSR count). The highest BCUT2D eigenvalue weighted by Gasteiger charge is 2.59. The number of aliphatic hydroxyl groups excluding tert-OH is 20. The third kappa shape index (κ3) is 12.3. The van der Waals surface area contributed by atoms with Crippen LogP contribution in [-0.2, 0) is 66.3 Å². The Balaban J connectivity index is 1.08. The van der Waals surface area contributed by atoms with Crippen LogP contribution in [0.5, 0.6) is 0 Å². The molecular weight excluding hydrogens is 1180 g/mol. The molecule has 0 aromatic carbocycles. The first-order valence-electron chi connectivity index (χ1n) is 24.6. The Morgan fingerprint density at radius 2 is 0.338 bits per heavy atom. The summed E-state index contributed by atoms with van der Waals surface area (Å²) in [6.07, 6.45) is -65.5. The fraction of sp³-hybridized carbons (Fsp3) is 1.00. The molecule has 0 radical (unpaired) electrons. The van der Waals surface area contributed by atoms with Crippen molar-refractivity contribution >= 4 is 22.6 Å². The van der Waals surface area contributed by atoms with Crippen molar-refractivity contribution in [1.82, 2.24) is 0 Å². The monoisotopic (exact) mass is 1240 g/mol. The summed E-state index contributed by atoms with van der Waals surface area (Å²) in [4.78, 5) is 0. The number of aliphatic hydroxyl groups is 20. The zero-order chi connectivity index (χ0) is 56.1. The summed E-state index contributed by atoms with van der Waals surface area (Å²) in [6, 6.07) is 0.